The molecule has 0 aliphatic heterocycles. The second-order valence-electron chi connectivity index (χ2n) is 5.68. The zero-order valence-corrected chi connectivity index (χ0v) is 12.8. The van der Waals surface area contributed by atoms with Gasteiger partial charge in [-0.2, -0.15) is 0 Å². The molecule has 1 aromatic heterocycles. The second-order valence-corrected chi connectivity index (χ2v) is 5.68. The van der Waals surface area contributed by atoms with Crippen molar-refractivity contribution in [3.05, 3.63) is 23.8 Å². The average molecular weight is 274 g/mol. The Morgan fingerprint density at radius 1 is 1.30 bits per heavy atom. The lowest BCUT2D eigenvalue weighted by molar-refractivity contribution is 0.450. The van der Waals surface area contributed by atoms with Crippen molar-refractivity contribution < 1.29 is 0 Å². The van der Waals surface area contributed by atoms with Gasteiger partial charge in [0.15, 0.2) is 0 Å². The number of fused-ring (bicyclic) bond motifs is 1. The first-order valence-corrected chi connectivity index (χ1v) is 7.75. The molecule has 110 valence electrons. The fraction of sp³-hybridized carbons (Fsp3) is 0.625. The van der Waals surface area contributed by atoms with E-state index in [9.17, 15) is 0 Å². The quantitative estimate of drug-likeness (QED) is 0.838. The van der Waals surface area contributed by atoms with Crippen molar-refractivity contribution in [2.45, 2.75) is 59.0 Å². The van der Waals surface area contributed by atoms with Gasteiger partial charge in [0.2, 0.25) is 0 Å². The van der Waals surface area contributed by atoms with Gasteiger partial charge in [-0.1, -0.05) is 56.9 Å². The van der Waals surface area contributed by atoms with E-state index in [1.807, 2.05) is 6.92 Å². The summed E-state index contributed by atoms with van der Waals surface area (Å²) in [4.78, 5) is 0. The minimum atomic E-state index is -0.141. The lowest BCUT2D eigenvalue weighted by Crippen LogP contribution is -2.15. The average Bonchev–Trinajstić information content (AvgIpc) is 2.88. The molecule has 0 bridgehead atoms. The Kier molecular flexibility index (Phi) is 5.12. The smallest absolute Gasteiger partial charge is 0.116 e. The van der Waals surface area contributed by atoms with Crippen molar-refractivity contribution >= 4 is 11.0 Å². The van der Waals surface area contributed by atoms with Crippen LogP contribution in [0.1, 0.15) is 58.2 Å². The molecule has 1 aromatic carbocycles. The van der Waals surface area contributed by atoms with Gasteiger partial charge in [-0.25, -0.2) is 4.68 Å². The molecule has 2 N–H and O–H groups in total. The summed E-state index contributed by atoms with van der Waals surface area (Å²) in [5.41, 5.74) is 9.29. The van der Waals surface area contributed by atoms with E-state index in [2.05, 4.69) is 42.4 Å². The minimum Gasteiger partial charge on any atom is -0.310 e. The van der Waals surface area contributed by atoms with E-state index in [4.69, 9.17) is 5.73 Å². The molecule has 0 aliphatic carbocycles. The van der Waals surface area contributed by atoms with E-state index >= 15 is 0 Å². The molecular weight excluding hydrogens is 248 g/mol. The summed E-state index contributed by atoms with van der Waals surface area (Å²) in [6.07, 6.45) is 6.04. The van der Waals surface area contributed by atoms with Crippen molar-refractivity contribution in [2.24, 2.45) is 11.7 Å². The summed E-state index contributed by atoms with van der Waals surface area (Å²) in [7, 11) is 0. The molecule has 0 saturated carbocycles. The number of unbranched alkanes of at least 4 members (excludes halogenated alkanes) is 1. The first kappa shape index (κ1) is 15.0. The molecule has 4 nitrogen and oxygen atoms in total. The summed E-state index contributed by atoms with van der Waals surface area (Å²) in [6, 6.07) is 6.32. The number of hydrogen-bond donors (Lipinski definition) is 1. The molecule has 20 heavy (non-hydrogen) atoms. The molecule has 0 amide bonds. The van der Waals surface area contributed by atoms with Crippen molar-refractivity contribution in [2.75, 3.05) is 0 Å². The highest BCUT2D eigenvalue weighted by atomic mass is 15.5. The Morgan fingerprint density at radius 3 is 2.75 bits per heavy atom. The summed E-state index contributed by atoms with van der Waals surface area (Å²) in [6.45, 7) is 6.46. The van der Waals surface area contributed by atoms with Crippen molar-refractivity contribution in [1.29, 1.82) is 0 Å². The van der Waals surface area contributed by atoms with Crippen molar-refractivity contribution in [1.82, 2.24) is 15.0 Å². The van der Waals surface area contributed by atoms with E-state index in [0.29, 0.717) is 0 Å². The van der Waals surface area contributed by atoms with Crippen LogP contribution in [-0.2, 0) is 6.42 Å². The maximum Gasteiger partial charge on any atom is 0.116 e. The molecule has 0 fully saturated rings. The van der Waals surface area contributed by atoms with Crippen LogP contribution in [0, 0.1) is 5.92 Å². The SMILES string of the molecule is CCCCC(CC)Cc1cccc2c1nnn2C(C)N. The molecule has 2 unspecified atom stereocenters. The number of aromatic nitrogens is 3. The zero-order valence-electron chi connectivity index (χ0n) is 12.8. The minimum absolute atomic E-state index is 0.141. The number of hydrogen-bond acceptors (Lipinski definition) is 3. The third kappa shape index (κ3) is 3.18. The highest BCUT2D eigenvalue weighted by Gasteiger charge is 2.14. The fourth-order valence-electron chi connectivity index (χ4n) is 2.74. The maximum absolute atomic E-state index is 5.93. The second kappa shape index (κ2) is 6.84. The van der Waals surface area contributed by atoms with Gasteiger partial charge in [0.1, 0.15) is 5.52 Å². The highest BCUT2D eigenvalue weighted by Crippen LogP contribution is 2.24. The van der Waals surface area contributed by atoms with Crippen molar-refractivity contribution in [3.63, 3.8) is 0 Å². The van der Waals surface area contributed by atoms with E-state index < -0.39 is 0 Å². The summed E-state index contributed by atoms with van der Waals surface area (Å²) >= 11 is 0. The lowest BCUT2D eigenvalue weighted by Gasteiger charge is -2.14. The van der Waals surface area contributed by atoms with Gasteiger partial charge in [0.05, 0.1) is 11.7 Å². The first-order chi connectivity index (χ1) is 9.67. The molecular formula is C16H26N4. The number of nitrogens with two attached hydrogens (primary N) is 1. The van der Waals surface area contributed by atoms with Gasteiger partial charge in [-0.3, -0.25) is 0 Å². The summed E-state index contributed by atoms with van der Waals surface area (Å²) in [5.74, 6) is 0.737. The fourth-order valence-corrected chi connectivity index (χ4v) is 2.74. The third-order valence-electron chi connectivity index (χ3n) is 4.02. The molecule has 0 radical (unpaired) electrons. The van der Waals surface area contributed by atoms with E-state index in [1.54, 1.807) is 4.68 Å². The maximum atomic E-state index is 5.93. The van der Waals surface area contributed by atoms with Crippen LogP contribution in [0.25, 0.3) is 11.0 Å². The highest BCUT2D eigenvalue weighted by molar-refractivity contribution is 5.78. The molecule has 0 aliphatic rings. The van der Waals surface area contributed by atoms with Crippen LogP contribution in [0.4, 0.5) is 0 Å². The normalized spacial score (nSPS) is 14.6. The van der Waals surface area contributed by atoms with Crippen LogP contribution < -0.4 is 5.73 Å². The Morgan fingerprint density at radius 2 is 2.10 bits per heavy atom. The summed E-state index contributed by atoms with van der Waals surface area (Å²) in [5, 5.41) is 8.53. The topological polar surface area (TPSA) is 56.7 Å². The van der Waals surface area contributed by atoms with Crippen molar-refractivity contribution in [3.8, 4) is 0 Å². The number of benzene rings is 1. The molecule has 2 atom stereocenters. The van der Waals surface area contributed by atoms with Crippen LogP contribution in [0.2, 0.25) is 0 Å². The van der Waals surface area contributed by atoms with Crippen LogP contribution in [0.5, 0.6) is 0 Å². The molecule has 2 aromatic rings. The zero-order chi connectivity index (χ0) is 14.5. The Hall–Kier alpha value is -1.42. The third-order valence-corrected chi connectivity index (χ3v) is 4.02. The Bertz CT molecular complexity index is 544. The molecule has 4 heteroatoms. The van der Waals surface area contributed by atoms with Gasteiger partial charge in [0.25, 0.3) is 0 Å². The van der Waals surface area contributed by atoms with E-state index in [0.717, 1.165) is 23.4 Å². The first-order valence-electron chi connectivity index (χ1n) is 7.75. The molecule has 0 spiro atoms. The Balaban J connectivity index is 2.25. The summed E-state index contributed by atoms with van der Waals surface area (Å²) < 4.78 is 1.80. The largest absolute Gasteiger partial charge is 0.310 e. The van der Waals surface area contributed by atoms with Gasteiger partial charge >= 0.3 is 0 Å². The van der Waals surface area contributed by atoms with Crippen LogP contribution >= 0.6 is 0 Å². The van der Waals surface area contributed by atoms with Crippen LogP contribution in [0.15, 0.2) is 18.2 Å². The Labute approximate surface area is 121 Å². The van der Waals surface area contributed by atoms with Gasteiger partial charge in [-0.15, -0.1) is 5.10 Å². The molecule has 0 saturated heterocycles. The predicted molar refractivity (Wildman–Crippen MR) is 83.4 cm³/mol. The van der Waals surface area contributed by atoms with E-state index in [1.165, 1.54) is 31.2 Å². The number of rotatable bonds is 7. The van der Waals surface area contributed by atoms with Crippen LogP contribution in [-0.4, -0.2) is 15.0 Å². The molecule has 2 rings (SSSR count). The van der Waals surface area contributed by atoms with Gasteiger partial charge in [-0.05, 0) is 30.9 Å². The predicted octanol–water partition coefficient (Wildman–Crippen LogP) is 3.67. The van der Waals surface area contributed by atoms with Gasteiger partial charge < -0.3 is 5.73 Å². The lowest BCUT2D eigenvalue weighted by atomic mass is 9.91. The molecule has 1 heterocycles. The standard InChI is InChI=1S/C16H26N4/c1-4-6-8-13(5-2)11-14-9-7-10-15-16(14)18-19-20(15)12(3)17/h7,9-10,12-13H,4-6,8,11,17H2,1-3H3. The van der Waals surface area contributed by atoms with Gasteiger partial charge in [0, 0.05) is 0 Å². The van der Waals surface area contributed by atoms with Crippen LogP contribution in [0.3, 0.4) is 0 Å². The number of nitrogens with zero attached hydrogens (tertiary/aromatic N) is 3. The van der Waals surface area contributed by atoms with E-state index in [-0.39, 0.29) is 6.17 Å². The monoisotopic (exact) mass is 274 g/mol.